The summed E-state index contributed by atoms with van der Waals surface area (Å²) in [5, 5.41) is 30.0. The van der Waals surface area contributed by atoms with Crippen molar-refractivity contribution < 1.29 is 145 Å². The number of carbonyl (C=O) groups is 1. The van der Waals surface area contributed by atoms with Crippen LogP contribution in [0.5, 0.6) is 34.5 Å². The number of benzene rings is 5. The van der Waals surface area contributed by atoms with Gasteiger partial charge in [-0.15, -0.1) is 0 Å². The van der Waals surface area contributed by atoms with E-state index in [0.717, 1.165) is 20.4 Å². The first-order chi connectivity index (χ1) is 29.4. The monoisotopic (exact) mass is 1300 g/mol. The van der Waals surface area contributed by atoms with Gasteiger partial charge in [-0.2, -0.15) is 27.7 Å². The zero-order valence-electron chi connectivity index (χ0n) is 40.5. The second-order valence-electron chi connectivity index (χ2n) is 12.2. The molecule has 5 aromatic carbocycles. The molecule has 10 nitrogen and oxygen atoms in total. The molecule has 2 atom stereocenters. The Kier molecular flexibility index (Phi) is 57.5. The number of hydrogen-bond acceptors (Lipinski definition) is 9. The van der Waals surface area contributed by atoms with Gasteiger partial charge in [0.1, 0.15) is 63.9 Å². The predicted octanol–water partition coefficient (Wildman–Crippen LogP) is -5.43. The molecule has 0 aliphatic carbocycles. The Bertz CT molecular complexity index is 2210. The number of rotatable bonds is 11. The van der Waals surface area contributed by atoms with Crippen molar-refractivity contribution in [2.75, 3.05) is 42.7 Å². The average molecular weight is 1300 g/mol. The molecular formula is C45H49Br3Cl6F2Li2Mg2O10. The standard InChI is InChI=1S/C16H14ClFO5.C15H13BrClFO3.C8H8Br2O2.2C3H7.4ClH.2Li.2Mg/c1-22-12-7-13(23-2)10(16(20)21)6-9(12)15(19)8-4-3-5-11(17)14(8)18;1-20-12-7-13(21-2)10(16)6-9(12)15(19)8-4-3-5-11(17)14(8)18;1-11-7-4-8(12-2)6(10)3-5(7)9;2*1-3-2;;;;;;;;/h3-7,15,19H,1-2H3,(H,20,21);3-7,15,19H,1-2H3;3-4H,1-2H3;2*3H,1-2H3;4*1H;;;;/q;;;2*-1;;;;;2*+1;2*+2/p-4. The van der Waals surface area contributed by atoms with Crippen LogP contribution in [0.2, 0.25) is 10.0 Å². The van der Waals surface area contributed by atoms with Crippen LogP contribution in [0.4, 0.5) is 8.78 Å². The predicted molar refractivity (Wildman–Crippen MR) is 262 cm³/mol. The third-order valence-electron chi connectivity index (χ3n) is 7.85. The SMILES string of the molecule is COc1cc(OC)c(Br)cc1Br.COc1cc(OC)c(C(O)c2cccc(Cl)c2F)cc1Br.COc1cc(OC)c(C(O)c2cccc(Cl)c2F)cc1C(=O)O.C[CH-]C.C[CH-]C.[Cl-].[Cl-].[Cl-].[Cl-].[Li+].[Li+].[Mg+2].[Mg+2]. The largest absolute Gasteiger partial charge is 2.00 e. The van der Waals surface area contributed by atoms with Crippen LogP contribution in [0.3, 0.4) is 0 Å². The van der Waals surface area contributed by atoms with E-state index in [2.05, 4.69) is 47.8 Å². The third-order valence-corrected chi connectivity index (χ3v) is 10.3. The Labute approximate surface area is 527 Å². The van der Waals surface area contributed by atoms with Crippen molar-refractivity contribution in [1.82, 2.24) is 0 Å². The van der Waals surface area contributed by atoms with Gasteiger partial charge in [-0.05, 0) is 78.1 Å². The molecule has 25 heteroatoms. The van der Waals surface area contributed by atoms with Crippen molar-refractivity contribution >= 4 is 123 Å². The van der Waals surface area contributed by atoms with Crippen molar-refractivity contribution in [3.05, 3.63) is 149 Å². The molecule has 0 spiro atoms. The minimum absolute atomic E-state index is 0. The van der Waals surface area contributed by atoms with Gasteiger partial charge in [-0.25, -0.2) is 13.6 Å². The van der Waals surface area contributed by atoms with Gasteiger partial charge in [0.25, 0.3) is 0 Å². The van der Waals surface area contributed by atoms with E-state index in [9.17, 15) is 28.9 Å². The molecule has 0 bridgehead atoms. The van der Waals surface area contributed by atoms with Gasteiger partial charge in [0.2, 0.25) is 0 Å². The molecule has 0 amide bonds. The Hall–Kier alpha value is 0.0573. The van der Waals surface area contributed by atoms with E-state index in [0.29, 0.717) is 21.5 Å². The smallest absolute Gasteiger partial charge is 1.00 e. The van der Waals surface area contributed by atoms with Crippen molar-refractivity contribution in [1.29, 1.82) is 0 Å². The molecule has 3 N–H and O–H groups in total. The fourth-order valence-electron chi connectivity index (χ4n) is 5.02. The number of hydrogen-bond donors (Lipinski definition) is 3. The van der Waals surface area contributed by atoms with Crippen molar-refractivity contribution in [3.8, 4) is 34.5 Å². The molecule has 70 heavy (non-hydrogen) atoms. The summed E-state index contributed by atoms with van der Waals surface area (Å²) >= 11 is 21.5. The Balaban J connectivity index is -0.000000127. The number of aliphatic hydroxyl groups is 2. The summed E-state index contributed by atoms with van der Waals surface area (Å²) in [6, 6.07) is 18.1. The maximum atomic E-state index is 14.1. The van der Waals surface area contributed by atoms with E-state index in [-0.39, 0.29) is 177 Å². The van der Waals surface area contributed by atoms with Gasteiger partial charge >= 0.3 is 89.8 Å². The number of methoxy groups -OCH3 is 6. The summed E-state index contributed by atoms with van der Waals surface area (Å²) in [6.45, 7) is 8.00. The number of aromatic carboxylic acids is 1. The molecule has 0 aliphatic rings. The number of aliphatic hydroxyl groups excluding tert-OH is 2. The average Bonchev–Trinajstić information content (AvgIpc) is 3.25. The normalized spacial score (nSPS) is 9.70. The molecule has 2 unspecified atom stereocenters. The summed E-state index contributed by atoms with van der Waals surface area (Å²) in [7, 11) is 8.88. The van der Waals surface area contributed by atoms with Crippen LogP contribution in [0.1, 0.15) is 72.5 Å². The topological polar surface area (TPSA) is 133 Å². The van der Waals surface area contributed by atoms with E-state index in [4.69, 9.17) is 51.6 Å². The summed E-state index contributed by atoms with van der Waals surface area (Å²) in [5.41, 5.74) is 0.318. The van der Waals surface area contributed by atoms with Crippen LogP contribution in [0.15, 0.2) is 86.2 Å². The van der Waals surface area contributed by atoms with E-state index < -0.39 is 29.8 Å². The van der Waals surface area contributed by atoms with E-state index in [1.165, 1.54) is 70.9 Å². The van der Waals surface area contributed by atoms with Gasteiger partial charge in [0.05, 0.1) is 66.1 Å². The van der Waals surface area contributed by atoms with Crippen LogP contribution >= 0.6 is 71.0 Å². The summed E-state index contributed by atoms with van der Waals surface area (Å²) < 4.78 is 61.3. The molecule has 0 saturated heterocycles. The van der Waals surface area contributed by atoms with Crippen LogP contribution in [-0.2, 0) is 0 Å². The molecule has 0 radical (unpaired) electrons. The summed E-state index contributed by atoms with van der Waals surface area (Å²) in [5.74, 6) is 0.0126. The molecule has 372 valence electrons. The molecule has 0 heterocycles. The van der Waals surface area contributed by atoms with Gasteiger partial charge in [0, 0.05) is 40.5 Å². The quantitative estimate of drug-likeness (QED) is 0.0871. The minimum atomic E-state index is -1.45. The molecular weight excluding hydrogens is 1250 g/mol. The van der Waals surface area contributed by atoms with Crippen molar-refractivity contribution in [2.24, 2.45) is 0 Å². The van der Waals surface area contributed by atoms with Crippen molar-refractivity contribution in [2.45, 2.75) is 39.9 Å². The van der Waals surface area contributed by atoms with E-state index in [1.807, 2.05) is 52.7 Å². The maximum Gasteiger partial charge on any atom is 2.00 e. The van der Waals surface area contributed by atoms with Crippen LogP contribution < -0.4 is 116 Å². The first-order valence-corrected chi connectivity index (χ1v) is 21.2. The van der Waals surface area contributed by atoms with E-state index in [1.54, 1.807) is 32.4 Å². The Morgan fingerprint density at radius 3 is 1.09 bits per heavy atom. The first kappa shape index (κ1) is 86.8. The molecule has 5 aromatic rings. The van der Waals surface area contributed by atoms with Gasteiger partial charge in [0.15, 0.2) is 0 Å². The molecule has 0 aliphatic heterocycles. The fourth-order valence-corrected chi connectivity index (χ4v) is 7.23. The van der Waals surface area contributed by atoms with Crippen molar-refractivity contribution in [3.63, 3.8) is 0 Å². The molecule has 5 rings (SSSR count). The number of carboxylic acid groups (broad SMARTS) is 1. The number of ether oxygens (including phenoxy) is 6. The van der Waals surface area contributed by atoms with Gasteiger partial charge in [-0.3, -0.25) is 0 Å². The second kappa shape index (κ2) is 46.4. The van der Waals surface area contributed by atoms with Gasteiger partial charge < -0.3 is 106 Å². The zero-order chi connectivity index (χ0) is 47.3. The molecule has 0 saturated carbocycles. The second-order valence-corrected chi connectivity index (χ2v) is 15.6. The van der Waals surface area contributed by atoms with Crippen LogP contribution in [0, 0.1) is 24.5 Å². The third kappa shape index (κ3) is 26.2. The molecule has 0 aromatic heterocycles. The minimum Gasteiger partial charge on any atom is -1.00 e. The summed E-state index contributed by atoms with van der Waals surface area (Å²) in [6.07, 6.45) is 1.34. The fraction of sp³-hybridized carbons (Fsp3) is 0.267. The first-order valence-electron chi connectivity index (χ1n) is 18.1. The number of halogens is 11. The maximum absolute atomic E-state index is 14.1. The van der Waals surface area contributed by atoms with E-state index >= 15 is 0 Å². The van der Waals surface area contributed by atoms with Gasteiger partial charge in [-0.1, -0.05) is 47.5 Å². The Morgan fingerprint density at radius 2 is 0.786 bits per heavy atom. The zero-order valence-corrected chi connectivity index (χ0v) is 52.6. The van der Waals surface area contributed by atoms with Crippen LogP contribution in [0.25, 0.3) is 0 Å². The van der Waals surface area contributed by atoms with Crippen LogP contribution in [-0.4, -0.2) is 110 Å². The Morgan fingerprint density at radius 1 is 0.514 bits per heavy atom. The summed E-state index contributed by atoms with van der Waals surface area (Å²) in [4.78, 5) is 11.3. The molecule has 0 fully saturated rings. The number of carboxylic acids is 1.